The lowest BCUT2D eigenvalue weighted by Crippen LogP contribution is -2.33. The van der Waals surface area contributed by atoms with Gasteiger partial charge in [0, 0.05) is 17.6 Å². The molecule has 0 saturated carbocycles. The number of fused-ring (bicyclic) bond motifs is 1. The highest BCUT2D eigenvalue weighted by molar-refractivity contribution is 9.10. The average molecular weight is 384 g/mol. The smallest absolute Gasteiger partial charge is 0.407 e. The number of ether oxygens (including phenoxy) is 1. The Morgan fingerprint density at radius 2 is 2.04 bits per heavy atom. The van der Waals surface area contributed by atoms with Gasteiger partial charge in [0.15, 0.2) is 5.58 Å². The van der Waals surface area contributed by atoms with Crippen LogP contribution in [0.2, 0.25) is 0 Å². The maximum absolute atomic E-state index is 11.5. The zero-order valence-corrected chi connectivity index (χ0v) is 15.2. The monoisotopic (exact) mass is 383 g/mol. The summed E-state index contributed by atoms with van der Waals surface area (Å²) >= 11 is 3.41. The molecular weight excluding hydrogens is 362 g/mol. The van der Waals surface area contributed by atoms with E-state index in [0.29, 0.717) is 12.6 Å². The van der Waals surface area contributed by atoms with Crippen molar-refractivity contribution in [1.82, 2.24) is 10.3 Å². The molecule has 23 heavy (non-hydrogen) atoms. The molecule has 0 bridgehead atoms. The van der Waals surface area contributed by atoms with E-state index in [1.807, 2.05) is 39.0 Å². The number of benzene rings is 1. The number of hydrogen-bond donors (Lipinski definition) is 2. The summed E-state index contributed by atoms with van der Waals surface area (Å²) in [6.45, 7) is 6.83. The fourth-order valence-electron chi connectivity index (χ4n) is 1.93. The van der Waals surface area contributed by atoms with E-state index in [-0.39, 0.29) is 6.09 Å². The van der Waals surface area contributed by atoms with Crippen LogP contribution in [0.4, 0.5) is 10.8 Å². The Balaban J connectivity index is 1.64. The van der Waals surface area contributed by atoms with Gasteiger partial charge in [-0.15, -0.1) is 0 Å². The number of nitrogens with one attached hydrogen (secondary N) is 2. The second-order valence-corrected chi connectivity index (χ2v) is 7.11. The predicted octanol–water partition coefficient (Wildman–Crippen LogP) is 4.31. The second kappa shape index (κ2) is 7.68. The number of anilines is 1. The van der Waals surface area contributed by atoms with Gasteiger partial charge in [-0.2, -0.15) is 4.98 Å². The summed E-state index contributed by atoms with van der Waals surface area (Å²) < 4.78 is 11.7. The fraction of sp³-hybridized carbons (Fsp3) is 0.500. The Morgan fingerprint density at radius 3 is 2.78 bits per heavy atom. The topological polar surface area (TPSA) is 76.4 Å². The van der Waals surface area contributed by atoms with Gasteiger partial charge in [0.25, 0.3) is 6.01 Å². The summed E-state index contributed by atoms with van der Waals surface area (Å²) in [5, 5.41) is 5.88. The van der Waals surface area contributed by atoms with Crippen molar-refractivity contribution in [3.05, 3.63) is 22.7 Å². The third-order valence-corrected chi connectivity index (χ3v) is 3.39. The van der Waals surface area contributed by atoms with Crippen LogP contribution in [0.25, 0.3) is 11.1 Å². The average Bonchev–Trinajstić information content (AvgIpc) is 2.82. The number of oxazole rings is 1. The lowest BCUT2D eigenvalue weighted by Gasteiger charge is -2.19. The van der Waals surface area contributed by atoms with Crippen LogP contribution < -0.4 is 10.6 Å². The summed E-state index contributed by atoms with van der Waals surface area (Å²) in [4.78, 5) is 15.8. The van der Waals surface area contributed by atoms with Gasteiger partial charge in [-0.3, -0.25) is 0 Å². The first kappa shape index (κ1) is 17.6. The summed E-state index contributed by atoms with van der Waals surface area (Å²) in [5.74, 6) is 0. The van der Waals surface area contributed by atoms with E-state index in [1.54, 1.807) is 0 Å². The third kappa shape index (κ3) is 6.09. The van der Waals surface area contributed by atoms with Crippen LogP contribution in [0.3, 0.4) is 0 Å². The molecule has 0 aliphatic rings. The second-order valence-electron chi connectivity index (χ2n) is 6.19. The van der Waals surface area contributed by atoms with Crippen molar-refractivity contribution in [2.45, 2.75) is 39.2 Å². The molecule has 0 spiro atoms. The van der Waals surface area contributed by atoms with Crippen molar-refractivity contribution in [3.8, 4) is 0 Å². The van der Waals surface area contributed by atoms with Gasteiger partial charge in [0.2, 0.25) is 0 Å². The minimum absolute atomic E-state index is 0.380. The highest BCUT2D eigenvalue weighted by Gasteiger charge is 2.15. The van der Waals surface area contributed by atoms with Gasteiger partial charge >= 0.3 is 6.09 Å². The summed E-state index contributed by atoms with van der Waals surface area (Å²) in [5.41, 5.74) is 1.10. The number of carbonyl (C=O) groups is 1. The summed E-state index contributed by atoms with van der Waals surface area (Å²) in [7, 11) is 0. The van der Waals surface area contributed by atoms with E-state index < -0.39 is 5.60 Å². The molecule has 7 heteroatoms. The molecule has 6 nitrogen and oxygen atoms in total. The van der Waals surface area contributed by atoms with Gasteiger partial charge in [0.1, 0.15) is 11.1 Å². The van der Waals surface area contributed by atoms with E-state index in [4.69, 9.17) is 9.15 Å². The molecule has 1 heterocycles. The first-order chi connectivity index (χ1) is 10.8. The highest BCUT2D eigenvalue weighted by Crippen LogP contribution is 2.22. The summed E-state index contributed by atoms with van der Waals surface area (Å²) in [6.07, 6.45) is 1.35. The van der Waals surface area contributed by atoms with Crippen LogP contribution in [0.1, 0.15) is 33.6 Å². The van der Waals surface area contributed by atoms with Crippen LogP contribution in [0.15, 0.2) is 27.1 Å². The quantitative estimate of drug-likeness (QED) is 0.726. The lowest BCUT2D eigenvalue weighted by atomic mass is 10.2. The standard InChI is InChI=1S/C16H22BrN3O3/c1-16(2,3)23-15(21)19-9-5-4-8-18-14-20-12-10-11(17)6-7-13(12)22-14/h6-7,10H,4-5,8-9H2,1-3H3,(H,18,20)(H,19,21). The van der Waals surface area contributed by atoms with Crippen molar-refractivity contribution in [1.29, 1.82) is 0 Å². The number of rotatable bonds is 6. The van der Waals surface area contributed by atoms with Crippen molar-refractivity contribution in [2.24, 2.45) is 0 Å². The molecule has 2 N–H and O–H groups in total. The lowest BCUT2D eigenvalue weighted by molar-refractivity contribution is 0.0527. The van der Waals surface area contributed by atoms with Crippen LogP contribution in [0.5, 0.6) is 0 Å². The number of amides is 1. The van der Waals surface area contributed by atoms with Crippen LogP contribution in [-0.2, 0) is 4.74 Å². The fourth-order valence-corrected chi connectivity index (χ4v) is 2.28. The molecule has 1 aromatic carbocycles. The Bertz CT molecular complexity index is 664. The number of hydrogen-bond acceptors (Lipinski definition) is 5. The number of nitrogens with zero attached hydrogens (tertiary/aromatic N) is 1. The van der Waals surface area contributed by atoms with Gasteiger partial charge in [-0.25, -0.2) is 4.79 Å². The molecule has 2 rings (SSSR count). The molecule has 1 amide bonds. The van der Waals surface area contributed by atoms with Crippen molar-refractivity contribution in [3.63, 3.8) is 0 Å². The van der Waals surface area contributed by atoms with E-state index in [0.717, 1.165) is 35.0 Å². The zero-order valence-electron chi connectivity index (χ0n) is 13.6. The predicted molar refractivity (Wildman–Crippen MR) is 93.7 cm³/mol. The highest BCUT2D eigenvalue weighted by atomic mass is 79.9. The maximum atomic E-state index is 11.5. The molecule has 0 aliphatic heterocycles. The Labute approximate surface area is 144 Å². The third-order valence-electron chi connectivity index (χ3n) is 2.90. The van der Waals surface area contributed by atoms with Crippen LogP contribution in [0, 0.1) is 0 Å². The molecule has 0 radical (unpaired) electrons. The van der Waals surface area contributed by atoms with E-state index in [1.165, 1.54) is 0 Å². The van der Waals surface area contributed by atoms with Crippen molar-refractivity contribution < 1.29 is 13.9 Å². The number of alkyl carbamates (subject to hydrolysis) is 1. The normalized spacial score (nSPS) is 11.5. The Morgan fingerprint density at radius 1 is 1.30 bits per heavy atom. The molecule has 1 aromatic heterocycles. The Hall–Kier alpha value is -1.76. The number of unbranched alkanes of at least 4 members (excludes halogenated alkanes) is 1. The van der Waals surface area contributed by atoms with Crippen LogP contribution >= 0.6 is 15.9 Å². The molecule has 126 valence electrons. The van der Waals surface area contributed by atoms with Crippen molar-refractivity contribution >= 4 is 39.1 Å². The summed E-state index contributed by atoms with van der Waals surface area (Å²) in [6, 6.07) is 6.22. The molecule has 0 aliphatic carbocycles. The van der Waals surface area contributed by atoms with Gasteiger partial charge < -0.3 is 19.8 Å². The SMILES string of the molecule is CC(C)(C)OC(=O)NCCCCNc1nc2cc(Br)ccc2o1. The van der Waals surface area contributed by atoms with Gasteiger partial charge in [0.05, 0.1) is 0 Å². The number of carbonyl (C=O) groups excluding carboxylic acids is 1. The maximum Gasteiger partial charge on any atom is 0.407 e. The largest absolute Gasteiger partial charge is 0.444 e. The van der Waals surface area contributed by atoms with E-state index in [9.17, 15) is 4.79 Å². The van der Waals surface area contributed by atoms with Crippen molar-refractivity contribution in [2.75, 3.05) is 18.4 Å². The molecule has 0 saturated heterocycles. The molecule has 0 unspecified atom stereocenters. The van der Waals surface area contributed by atoms with Crippen LogP contribution in [-0.4, -0.2) is 29.8 Å². The Kier molecular flexibility index (Phi) is 5.87. The van der Waals surface area contributed by atoms with Gasteiger partial charge in [-0.05, 0) is 51.8 Å². The van der Waals surface area contributed by atoms with E-state index in [2.05, 4.69) is 31.5 Å². The van der Waals surface area contributed by atoms with E-state index >= 15 is 0 Å². The van der Waals surface area contributed by atoms with Gasteiger partial charge in [-0.1, -0.05) is 15.9 Å². The molecule has 0 atom stereocenters. The first-order valence-corrected chi connectivity index (χ1v) is 8.39. The molecular formula is C16H22BrN3O3. The molecule has 2 aromatic rings. The number of halogens is 1. The molecule has 0 fully saturated rings. The minimum atomic E-state index is -0.465. The zero-order chi connectivity index (χ0) is 16.9. The first-order valence-electron chi connectivity index (χ1n) is 7.60. The minimum Gasteiger partial charge on any atom is -0.444 e. The number of aromatic nitrogens is 1.